The highest BCUT2D eigenvalue weighted by molar-refractivity contribution is 5.54. The fourth-order valence-corrected chi connectivity index (χ4v) is 3.57. The average Bonchev–Trinajstić information content (AvgIpc) is 2.75. The number of hydrogen-bond donors (Lipinski definition) is 2. The lowest BCUT2D eigenvalue weighted by Gasteiger charge is -2.29. The van der Waals surface area contributed by atoms with E-state index in [4.69, 9.17) is 19.3 Å². The van der Waals surface area contributed by atoms with Gasteiger partial charge in [0.15, 0.2) is 0 Å². The van der Waals surface area contributed by atoms with Crippen LogP contribution in [0.25, 0.3) is 0 Å². The Bertz CT molecular complexity index is 671. The van der Waals surface area contributed by atoms with Gasteiger partial charge in [0.2, 0.25) is 0 Å². The number of ether oxygens (including phenoxy) is 3. The van der Waals surface area contributed by atoms with E-state index >= 15 is 0 Å². The molecule has 0 unspecified atom stereocenters. The Labute approximate surface area is 222 Å². The van der Waals surface area contributed by atoms with Crippen molar-refractivity contribution in [3.63, 3.8) is 0 Å². The third-order valence-corrected chi connectivity index (χ3v) is 6.18. The van der Waals surface area contributed by atoms with Gasteiger partial charge < -0.3 is 38.3 Å². The van der Waals surface area contributed by atoms with E-state index in [1.807, 2.05) is 0 Å². The summed E-state index contributed by atoms with van der Waals surface area (Å²) in [5.41, 5.74) is 3.72. The summed E-state index contributed by atoms with van der Waals surface area (Å²) in [7, 11) is 8.41. The third kappa shape index (κ3) is 16.5. The first kappa shape index (κ1) is 36.9. The number of benzene rings is 1. The van der Waals surface area contributed by atoms with Gasteiger partial charge in [0.05, 0.1) is 81.0 Å². The van der Waals surface area contributed by atoms with Crippen molar-refractivity contribution in [1.29, 1.82) is 0 Å². The standard InChI is InChI=1S/C26H51N3O5.2CH4/c1-24-7-8-25(2)26(23-24)27(9-17-32-19-13-28(3,4)11-15-30)10-18-33-21-22-34-20-14-29(5,6)12-16-31;;/h7-8,23,30-31H,9-22H2,1-6H3;2*1H4/q+2;;. The minimum Gasteiger partial charge on any atom is -0.391 e. The molecule has 0 saturated carbocycles. The Kier molecular flexibility index (Phi) is 20.3. The first-order valence-corrected chi connectivity index (χ1v) is 12.5. The van der Waals surface area contributed by atoms with E-state index < -0.39 is 0 Å². The molecule has 2 N–H and O–H groups in total. The van der Waals surface area contributed by atoms with Gasteiger partial charge in [0.25, 0.3) is 0 Å². The first-order chi connectivity index (χ1) is 16.1. The number of hydrogen-bond acceptors (Lipinski definition) is 6. The minimum absolute atomic E-state index is 0. The smallest absolute Gasteiger partial charge is 0.102 e. The Balaban J connectivity index is 0. The van der Waals surface area contributed by atoms with Gasteiger partial charge in [-0.3, -0.25) is 0 Å². The van der Waals surface area contributed by atoms with Crippen molar-refractivity contribution < 1.29 is 33.4 Å². The highest BCUT2D eigenvalue weighted by atomic mass is 16.5. The maximum Gasteiger partial charge on any atom is 0.102 e. The summed E-state index contributed by atoms with van der Waals surface area (Å²) in [6.07, 6.45) is 0. The van der Waals surface area contributed by atoms with Crippen molar-refractivity contribution in [2.24, 2.45) is 0 Å². The van der Waals surface area contributed by atoms with Gasteiger partial charge in [-0.05, 0) is 31.0 Å². The molecule has 1 aromatic rings. The molecule has 0 aliphatic rings. The fourth-order valence-electron chi connectivity index (χ4n) is 3.57. The number of rotatable bonds is 20. The number of likely N-dealkylation sites (N-methyl/N-ethyl adjacent to an activating group) is 2. The molecule has 0 heterocycles. The molecule has 0 fully saturated rings. The molecule has 1 aromatic carbocycles. The summed E-state index contributed by atoms with van der Waals surface area (Å²) in [5.74, 6) is 0. The van der Waals surface area contributed by atoms with Crippen LogP contribution in [0.3, 0.4) is 0 Å². The van der Waals surface area contributed by atoms with Crippen LogP contribution >= 0.6 is 0 Å². The van der Waals surface area contributed by atoms with Crippen LogP contribution in [-0.4, -0.2) is 139 Å². The van der Waals surface area contributed by atoms with Crippen molar-refractivity contribution in [3.05, 3.63) is 29.3 Å². The molecule has 0 bridgehead atoms. The molecule has 0 amide bonds. The molecule has 8 nitrogen and oxygen atoms in total. The lowest BCUT2D eigenvalue weighted by Crippen LogP contribution is -2.44. The van der Waals surface area contributed by atoms with Gasteiger partial charge >= 0.3 is 0 Å². The molecule has 214 valence electrons. The quantitative estimate of drug-likeness (QED) is 0.205. The number of quaternary nitrogens is 2. The zero-order valence-electron chi connectivity index (χ0n) is 22.6. The number of aliphatic hydroxyl groups excluding tert-OH is 2. The molecule has 0 radical (unpaired) electrons. The van der Waals surface area contributed by atoms with Crippen molar-refractivity contribution in [2.45, 2.75) is 28.7 Å². The molecule has 36 heavy (non-hydrogen) atoms. The lowest BCUT2D eigenvalue weighted by molar-refractivity contribution is -0.891. The molecular formula is C28H59N3O5+2. The molecule has 0 aliphatic heterocycles. The van der Waals surface area contributed by atoms with Gasteiger partial charge in [0, 0.05) is 18.8 Å². The van der Waals surface area contributed by atoms with Crippen molar-refractivity contribution in [3.8, 4) is 0 Å². The van der Waals surface area contributed by atoms with E-state index in [2.05, 4.69) is 65.1 Å². The summed E-state index contributed by atoms with van der Waals surface area (Å²) < 4.78 is 19.0. The van der Waals surface area contributed by atoms with Gasteiger partial charge in [0.1, 0.15) is 26.2 Å². The molecule has 0 saturated heterocycles. The summed E-state index contributed by atoms with van der Waals surface area (Å²) in [6.45, 7) is 13.2. The third-order valence-electron chi connectivity index (χ3n) is 6.18. The molecule has 0 atom stereocenters. The number of anilines is 1. The van der Waals surface area contributed by atoms with Crippen molar-refractivity contribution >= 4 is 5.69 Å². The number of nitrogens with zero attached hydrogens (tertiary/aromatic N) is 3. The molecule has 0 aliphatic carbocycles. The van der Waals surface area contributed by atoms with Crippen LogP contribution < -0.4 is 4.90 Å². The van der Waals surface area contributed by atoms with Gasteiger partial charge in [-0.2, -0.15) is 0 Å². The topological polar surface area (TPSA) is 71.4 Å². The maximum atomic E-state index is 9.17. The lowest BCUT2D eigenvalue weighted by atomic mass is 10.1. The normalized spacial score (nSPS) is 11.7. The highest BCUT2D eigenvalue weighted by Gasteiger charge is 2.15. The molecule has 8 heteroatoms. The second-order valence-corrected chi connectivity index (χ2v) is 10.3. The van der Waals surface area contributed by atoms with Crippen LogP contribution in [-0.2, 0) is 14.2 Å². The monoisotopic (exact) mass is 517 g/mol. The fraction of sp³-hybridized carbons (Fsp3) is 0.786. The second kappa shape index (κ2) is 19.8. The first-order valence-electron chi connectivity index (χ1n) is 12.5. The van der Waals surface area contributed by atoms with Crippen LogP contribution in [0, 0.1) is 13.8 Å². The predicted molar refractivity (Wildman–Crippen MR) is 152 cm³/mol. The van der Waals surface area contributed by atoms with Crippen LogP contribution in [0.15, 0.2) is 18.2 Å². The van der Waals surface area contributed by atoms with Gasteiger partial charge in [-0.25, -0.2) is 0 Å². The van der Waals surface area contributed by atoms with E-state index in [9.17, 15) is 5.11 Å². The summed E-state index contributed by atoms with van der Waals surface area (Å²) >= 11 is 0. The Hall–Kier alpha value is -1.26. The van der Waals surface area contributed by atoms with Crippen LogP contribution in [0.1, 0.15) is 26.0 Å². The highest BCUT2D eigenvalue weighted by Crippen LogP contribution is 2.21. The second-order valence-electron chi connectivity index (χ2n) is 10.3. The van der Waals surface area contributed by atoms with Crippen LogP contribution in [0.5, 0.6) is 0 Å². The van der Waals surface area contributed by atoms with Crippen LogP contribution in [0.4, 0.5) is 5.69 Å². The number of aliphatic hydroxyl groups is 2. The average molecular weight is 518 g/mol. The predicted octanol–water partition coefficient (Wildman–Crippen LogP) is 2.57. The van der Waals surface area contributed by atoms with E-state index in [-0.39, 0.29) is 28.1 Å². The van der Waals surface area contributed by atoms with Crippen molar-refractivity contribution in [1.82, 2.24) is 0 Å². The van der Waals surface area contributed by atoms with E-state index in [0.29, 0.717) is 39.6 Å². The van der Waals surface area contributed by atoms with E-state index in [0.717, 1.165) is 48.2 Å². The Morgan fingerprint density at radius 3 is 1.58 bits per heavy atom. The van der Waals surface area contributed by atoms with Crippen LogP contribution in [0.2, 0.25) is 0 Å². The number of aryl methyl sites for hydroxylation is 2. The largest absolute Gasteiger partial charge is 0.391 e. The zero-order valence-corrected chi connectivity index (χ0v) is 22.6. The summed E-state index contributed by atoms with van der Waals surface area (Å²) in [5, 5.41) is 18.3. The SMILES string of the molecule is C.C.Cc1ccc(C)c(N(CCOCCOCC[N+](C)(C)CCO)CCOCC[N+](C)(C)CCO)c1. The summed E-state index contributed by atoms with van der Waals surface area (Å²) in [6, 6.07) is 6.54. The molecular weight excluding hydrogens is 458 g/mol. The molecule has 0 spiro atoms. The van der Waals surface area contributed by atoms with E-state index in [1.54, 1.807) is 0 Å². The molecule has 0 aromatic heterocycles. The zero-order chi connectivity index (χ0) is 25.5. The van der Waals surface area contributed by atoms with E-state index in [1.165, 1.54) is 16.8 Å². The van der Waals surface area contributed by atoms with Gasteiger partial charge in [-0.1, -0.05) is 27.0 Å². The molecule has 1 rings (SSSR count). The Morgan fingerprint density at radius 1 is 0.667 bits per heavy atom. The van der Waals surface area contributed by atoms with Crippen molar-refractivity contribution in [2.75, 3.05) is 125 Å². The van der Waals surface area contributed by atoms with Gasteiger partial charge in [-0.15, -0.1) is 0 Å². The Morgan fingerprint density at radius 2 is 1.11 bits per heavy atom. The minimum atomic E-state index is 0. The maximum absolute atomic E-state index is 9.17. The summed E-state index contributed by atoms with van der Waals surface area (Å²) in [4.78, 5) is 2.34.